The molecule has 0 radical (unpaired) electrons. The Morgan fingerprint density at radius 2 is 1.64 bits per heavy atom. The smallest absolute Gasteiger partial charge is 0.279 e. The van der Waals surface area contributed by atoms with Gasteiger partial charge in [-0.05, 0) is 42.5 Å². The fraction of sp³-hybridized carbons (Fsp3) is 0.0455. The van der Waals surface area contributed by atoms with E-state index in [2.05, 4.69) is 15.3 Å². The van der Waals surface area contributed by atoms with Gasteiger partial charge in [0.15, 0.2) is 5.69 Å². The van der Waals surface area contributed by atoms with E-state index in [1.165, 1.54) is 30.3 Å². The standard InChI is InChI=1S/C22H17FN4O5S/c23-13-31-15-6-4-7-16(12-15)32-22-20(26-18-9-1-2-10-19(18)27-22)21(28)25-14-5-3-8-17(11-14)33(24,29)30/h1-12H,13H2,(H,25,28)(H2,24,29,30). The Morgan fingerprint density at radius 1 is 0.939 bits per heavy atom. The van der Waals surface area contributed by atoms with Crippen LogP contribution >= 0.6 is 0 Å². The topological polar surface area (TPSA) is 134 Å². The third-order valence-electron chi connectivity index (χ3n) is 4.42. The predicted octanol–water partition coefficient (Wildman–Crippen LogP) is 3.63. The molecule has 1 amide bonds. The van der Waals surface area contributed by atoms with Gasteiger partial charge in [-0.15, -0.1) is 0 Å². The number of carbonyl (C=O) groups is 1. The Morgan fingerprint density at radius 3 is 2.36 bits per heavy atom. The van der Waals surface area contributed by atoms with Crippen molar-refractivity contribution in [2.24, 2.45) is 5.14 Å². The maximum Gasteiger partial charge on any atom is 0.279 e. The van der Waals surface area contributed by atoms with Crippen molar-refractivity contribution in [2.45, 2.75) is 4.90 Å². The number of nitrogens with zero attached hydrogens (tertiary/aromatic N) is 2. The number of rotatable bonds is 7. The number of hydrogen-bond donors (Lipinski definition) is 2. The van der Waals surface area contributed by atoms with E-state index in [-0.39, 0.29) is 33.7 Å². The van der Waals surface area contributed by atoms with Crippen LogP contribution in [0.3, 0.4) is 0 Å². The first-order valence-corrected chi connectivity index (χ1v) is 11.1. The molecular weight excluding hydrogens is 451 g/mol. The summed E-state index contributed by atoms with van der Waals surface area (Å²) in [5, 5.41) is 7.73. The molecule has 4 aromatic rings. The highest BCUT2D eigenvalue weighted by molar-refractivity contribution is 7.89. The molecule has 1 heterocycles. The summed E-state index contributed by atoms with van der Waals surface area (Å²) in [7, 11) is -3.95. The molecule has 11 heteroatoms. The van der Waals surface area contributed by atoms with Gasteiger partial charge in [-0.2, -0.15) is 0 Å². The van der Waals surface area contributed by atoms with E-state index < -0.39 is 22.8 Å². The molecule has 3 N–H and O–H groups in total. The number of alkyl halides is 1. The molecule has 3 aromatic carbocycles. The van der Waals surface area contributed by atoms with Gasteiger partial charge in [0.1, 0.15) is 11.5 Å². The van der Waals surface area contributed by atoms with Crippen LogP contribution in [0.25, 0.3) is 11.0 Å². The third kappa shape index (κ3) is 5.22. The number of hydrogen-bond acceptors (Lipinski definition) is 7. The summed E-state index contributed by atoms with van der Waals surface area (Å²) in [4.78, 5) is 21.6. The maximum absolute atomic E-state index is 13.1. The van der Waals surface area contributed by atoms with Crippen LogP contribution < -0.4 is 19.9 Å². The second kappa shape index (κ2) is 9.18. The molecule has 168 valence electrons. The van der Waals surface area contributed by atoms with Crippen molar-refractivity contribution >= 4 is 32.7 Å². The molecule has 0 spiro atoms. The minimum atomic E-state index is -3.95. The number of para-hydroxylation sites is 2. The van der Waals surface area contributed by atoms with Crippen LogP contribution in [0, 0.1) is 0 Å². The van der Waals surface area contributed by atoms with Gasteiger partial charge in [-0.1, -0.05) is 24.3 Å². The van der Waals surface area contributed by atoms with Crippen molar-refractivity contribution in [2.75, 3.05) is 12.2 Å². The van der Waals surface area contributed by atoms with E-state index in [9.17, 15) is 17.6 Å². The van der Waals surface area contributed by atoms with E-state index in [1.807, 2.05) is 0 Å². The highest BCUT2D eigenvalue weighted by Crippen LogP contribution is 2.28. The van der Waals surface area contributed by atoms with Crippen LogP contribution in [0.4, 0.5) is 10.1 Å². The van der Waals surface area contributed by atoms with Crippen LogP contribution in [-0.4, -0.2) is 31.2 Å². The summed E-state index contributed by atoms with van der Waals surface area (Å²) in [5.41, 5.74) is 0.969. The SMILES string of the molecule is NS(=O)(=O)c1cccc(NC(=O)c2nc3ccccc3nc2Oc2cccc(OCF)c2)c1. The van der Waals surface area contributed by atoms with Crippen molar-refractivity contribution in [1.29, 1.82) is 0 Å². The molecule has 0 unspecified atom stereocenters. The molecule has 0 saturated heterocycles. The van der Waals surface area contributed by atoms with Gasteiger partial charge >= 0.3 is 0 Å². The minimum absolute atomic E-state index is 0.105. The Hall–Kier alpha value is -4.09. The predicted molar refractivity (Wildman–Crippen MR) is 118 cm³/mol. The average Bonchev–Trinajstić information content (AvgIpc) is 2.79. The number of ether oxygens (including phenoxy) is 2. The number of aromatic nitrogens is 2. The lowest BCUT2D eigenvalue weighted by Gasteiger charge is -2.12. The molecule has 0 bridgehead atoms. The van der Waals surface area contributed by atoms with Gasteiger partial charge in [0.05, 0.1) is 15.9 Å². The molecule has 4 rings (SSSR count). The monoisotopic (exact) mass is 468 g/mol. The minimum Gasteiger partial charge on any atom is -0.463 e. The molecule has 0 aliphatic carbocycles. The van der Waals surface area contributed by atoms with Crippen molar-refractivity contribution in [3.8, 4) is 17.4 Å². The zero-order valence-corrected chi connectivity index (χ0v) is 17.8. The molecule has 33 heavy (non-hydrogen) atoms. The average molecular weight is 468 g/mol. The van der Waals surface area contributed by atoms with E-state index in [0.29, 0.717) is 11.0 Å². The van der Waals surface area contributed by atoms with Crippen molar-refractivity contribution in [3.63, 3.8) is 0 Å². The van der Waals surface area contributed by atoms with Gasteiger partial charge in [-0.3, -0.25) is 4.79 Å². The van der Waals surface area contributed by atoms with Crippen molar-refractivity contribution < 1.29 is 27.1 Å². The highest BCUT2D eigenvalue weighted by Gasteiger charge is 2.20. The Labute approximate surface area is 188 Å². The van der Waals surface area contributed by atoms with Gasteiger partial charge in [0, 0.05) is 11.8 Å². The second-order valence-electron chi connectivity index (χ2n) is 6.72. The first kappa shape index (κ1) is 22.1. The van der Waals surface area contributed by atoms with Gasteiger partial charge < -0.3 is 14.8 Å². The van der Waals surface area contributed by atoms with Crippen LogP contribution in [0.2, 0.25) is 0 Å². The number of nitrogens with two attached hydrogens (primary N) is 1. The lowest BCUT2D eigenvalue weighted by Crippen LogP contribution is -2.17. The van der Waals surface area contributed by atoms with Crippen molar-refractivity contribution in [1.82, 2.24) is 9.97 Å². The molecule has 0 saturated carbocycles. The van der Waals surface area contributed by atoms with Crippen LogP contribution in [-0.2, 0) is 10.0 Å². The Kier molecular flexibility index (Phi) is 6.16. The molecule has 0 aliphatic heterocycles. The first-order valence-electron chi connectivity index (χ1n) is 9.51. The number of fused-ring (bicyclic) bond motifs is 1. The van der Waals surface area contributed by atoms with Crippen LogP contribution in [0.5, 0.6) is 17.4 Å². The molecule has 1 aromatic heterocycles. The fourth-order valence-corrected chi connectivity index (χ4v) is 3.51. The summed E-state index contributed by atoms with van der Waals surface area (Å²) >= 11 is 0. The van der Waals surface area contributed by atoms with Crippen molar-refractivity contribution in [3.05, 3.63) is 78.5 Å². The molecule has 0 aliphatic rings. The summed E-state index contributed by atoms with van der Waals surface area (Å²) in [5.74, 6) is -0.317. The Bertz CT molecular complexity index is 1450. The molecule has 9 nitrogen and oxygen atoms in total. The van der Waals surface area contributed by atoms with Gasteiger partial charge in [0.2, 0.25) is 16.9 Å². The molecular formula is C22H17FN4O5S. The number of anilines is 1. The number of halogens is 1. The number of nitrogens with one attached hydrogen (secondary N) is 1. The summed E-state index contributed by atoms with van der Waals surface area (Å²) in [6.45, 7) is -1.01. The second-order valence-corrected chi connectivity index (χ2v) is 8.28. The third-order valence-corrected chi connectivity index (χ3v) is 5.33. The zero-order chi connectivity index (χ0) is 23.4. The summed E-state index contributed by atoms with van der Waals surface area (Å²) in [6.07, 6.45) is 0. The van der Waals surface area contributed by atoms with Gasteiger partial charge in [0.25, 0.3) is 11.8 Å². The number of sulfonamides is 1. The lowest BCUT2D eigenvalue weighted by molar-refractivity contribution is 0.101. The lowest BCUT2D eigenvalue weighted by atomic mass is 10.2. The van der Waals surface area contributed by atoms with E-state index in [0.717, 1.165) is 0 Å². The van der Waals surface area contributed by atoms with E-state index in [1.54, 1.807) is 42.5 Å². The molecule has 0 atom stereocenters. The van der Waals surface area contributed by atoms with Gasteiger partial charge in [-0.25, -0.2) is 27.9 Å². The highest BCUT2D eigenvalue weighted by atomic mass is 32.2. The van der Waals surface area contributed by atoms with Crippen LogP contribution in [0.15, 0.2) is 77.7 Å². The Balaban J connectivity index is 1.71. The van der Waals surface area contributed by atoms with E-state index >= 15 is 0 Å². The largest absolute Gasteiger partial charge is 0.463 e. The number of benzene rings is 3. The fourth-order valence-electron chi connectivity index (χ4n) is 2.95. The van der Waals surface area contributed by atoms with E-state index in [4.69, 9.17) is 14.6 Å². The normalized spacial score (nSPS) is 11.2. The quantitative estimate of drug-likeness (QED) is 0.423. The maximum atomic E-state index is 13.1. The zero-order valence-electron chi connectivity index (χ0n) is 16.9. The first-order chi connectivity index (χ1) is 15.8. The summed E-state index contributed by atoms with van der Waals surface area (Å²) in [6, 6.07) is 18.5. The molecule has 0 fully saturated rings. The number of primary sulfonamides is 1. The van der Waals surface area contributed by atoms with Crippen LogP contribution in [0.1, 0.15) is 10.5 Å². The number of amides is 1. The summed E-state index contributed by atoms with van der Waals surface area (Å²) < 4.78 is 46.3. The number of carbonyl (C=O) groups excluding carboxylic acids is 1.